The number of benzene rings is 2. The fraction of sp³-hybridized carbons (Fsp3) is 0.263. The first-order valence-electron chi connectivity index (χ1n) is 8.13. The third-order valence-electron chi connectivity index (χ3n) is 3.84. The van der Waals surface area contributed by atoms with Crippen LogP contribution in [-0.4, -0.2) is 23.3 Å². The predicted octanol–water partition coefficient (Wildman–Crippen LogP) is 4.74. The summed E-state index contributed by atoms with van der Waals surface area (Å²) in [6, 6.07) is 12.0. The molecule has 0 aromatic heterocycles. The van der Waals surface area contributed by atoms with Gasteiger partial charge in [0, 0.05) is 26.4 Å². The molecule has 8 heteroatoms. The van der Waals surface area contributed by atoms with Crippen molar-refractivity contribution in [1.29, 1.82) is 0 Å². The van der Waals surface area contributed by atoms with Crippen molar-refractivity contribution in [3.8, 4) is 0 Å². The van der Waals surface area contributed by atoms with Gasteiger partial charge in [-0.3, -0.25) is 9.59 Å². The number of amides is 2. The van der Waals surface area contributed by atoms with E-state index in [9.17, 15) is 22.8 Å². The second kappa shape index (κ2) is 8.90. The van der Waals surface area contributed by atoms with Crippen LogP contribution in [0, 0.1) is 0 Å². The van der Waals surface area contributed by atoms with Crippen molar-refractivity contribution >= 4 is 29.1 Å². The van der Waals surface area contributed by atoms with Crippen molar-refractivity contribution in [2.45, 2.75) is 26.1 Å². The fourth-order valence-electron chi connectivity index (χ4n) is 2.40. The number of nitrogens with zero attached hydrogens (tertiary/aromatic N) is 1. The summed E-state index contributed by atoms with van der Waals surface area (Å²) in [5.74, 6) is -0.737. The summed E-state index contributed by atoms with van der Waals surface area (Å²) >= 11 is 5.86. The standard InChI is InChI=1S/C19H18ClF3N2O2/c1-13(26)25(12-14-5-3-2-4-6-14)10-9-18(27)24-17-11-15(19(21,22)23)7-8-16(17)20/h2-8,11H,9-10,12H2,1H3,(H,24,27). The Morgan fingerprint density at radius 3 is 2.37 bits per heavy atom. The molecule has 0 aliphatic rings. The number of anilines is 1. The van der Waals surface area contributed by atoms with E-state index < -0.39 is 17.6 Å². The van der Waals surface area contributed by atoms with E-state index in [4.69, 9.17) is 11.6 Å². The van der Waals surface area contributed by atoms with E-state index in [1.807, 2.05) is 30.3 Å². The molecular weight excluding hydrogens is 381 g/mol. The third kappa shape index (κ3) is 6.29. The van der Waals surface area contributed by atoms with Crippen LogP contribution in [0.15, 0.2) is 48.5 Å². The first kappa shape index (κ1) is 20.8. The molecule has 0 aliphatic carbocycles. The van der Waals surface area contributed by atoms with Crippen LogP contribution in [0.1, 0.15) is 24.5 Å². The Hall–Kier alpha value is -2.54. The van der Waals surface area contributed by atoms with Gasteiger partial charge in [0.15, 0.2) is 0 Å². The van der Waals surface area contributed by atoms with Crippen LogP contribution >= 0.6 is 11.6 Å². The van der Waals surface area contributed by atoms with Gasteiger partial charge in [0.2, 0.25) is 11.8 Å². The largest absolute Gasteiger partial charge is 0.416 e. The molecule has 2 rings (SSSR count). The Morgan fingerprint density at radius 2 is 1.78 bits per heavy atom. The number of carbonyl (C=O) groups is 2. The lowest BCUT2D eigenvalue weighted by molar-refractivity contribution is -0.137. The Labute approximate surface area is 159 Å². The molecular formula is C19H18ClF3N2O2. The fourth-order valence-corrected chi connectivity index (χ4v) is 2.56. The highest BCUT2D eigenvalue weighted by molar-refractivity contribution is 6.33. The molecule has 0 bridgehead atoms. The van der Waals surface area contributed by atoms with Crippen LogP contribution in [0.5, 0.6) is 0 Å². The highest BCUT2D eigenvalue weighted by Crippen LogP contribution is 2.33. The van der Waals surface area contributed by atoms with Crippen molar-refractivity contribution in [2.75, 3.05) is 11.9 Å². The minimum absolute atomic E-state index is 0.00376. The molecule has 0 aliphatic heterocycles. The normalized spacial score (nSPS) is 11.1. The minimum Gasteiger partial charge on any atom is -0.338 e. The van der Waals surface area contributed by atoms with Gasteiger partial charge >= 0.3 is 6.18 Å². The molecule has 2 amide bonds. The first-order valence-corrected chi connectivity index (χ1v) is 8.50. The average Bonchev–Trinajstić information content (AvgIpc) is 2.60. The van der Waals surface area contributed by atoms with E-state index in [-0.39, 0.29) is 29.6 Å². The van der Waals surface area contributed by atoms with Crippen LogP contribution in [-0.2, 0) is 22.3 Å². The summed E-state index contributed by atoms with van der Waals surface area (Å²) in [6.07, 6.45) is -4.61. The van der Waals surface area contributed by atoms with Gasteiger partial charge in [-0.25, -0.2) is 0 Å². The van der Waals surface area contributed by atoms with Crippen LogP contribution < -0.4 is 5.32 Å². The lowest BCUT2D eigenvalue weighted by atomic mass is 10.2. The smallest absolute Gasteiger partial charge is 0.338 e. The SMILES string of the molecule is CC(=O)N(CCC(=O)Nc1cc(C(F)(F)F)ccc1Cl)Cc1ccccc1. The monoisotopic (exact) mass is 398 g/mol. The minimum atomic E-state index is -4.54. The number of rotatable bonds is 6. The second-order valence-electron chi connectivity index (χ2n) is 5.92. The van der Waals surface area contributed by atoms with E-state index in [1.165, 1.54) is 11.8 Å². The van der Waals surface area contributed by atoms with E-state index in [2.05, 4.69) is 5.32 Å². The molecule has 0 radical (unpaired) electrons. The highest BCUT2D eigenvalue weighted by atomic mass is 35.5. The summed E-state index contributed by atoms with van der Waals surface area (Å²) in [5, 5.41) is 2.38. The van der Waals surface area contributed by atoms with Crippen molar-refractivity contribution < 1.29 is 22.8 Å². The molecule has 0 saturated heterocycles. The van der Waals surface area contributed by atoms with Crippen LogP contribution in [0.3, 0.4) is 0 Å². The number of nitrogens with one attached hydrogen (secondary N) is 1. The summed E-state index contributed by atoms with van der Waals surface area (Å²) in [5.41, 5.74) is -0.111. The van der Waals surface area contributed by atoms with Gasteiger partial charge in [-0.05, 0) is 23.8 Å². The Morgan fingerprint density at radius 1 is 1.11 bits per heavy atom. The van der Waals surface area contributed by atoms with Crippen LogP contribution in [0.2, 0.25) is 5.02 Å². The number of hydrogen-bond donors (Lipinski definition) is 1. The molecule has 1 N–H and O–H groups in total. The first-order chi connectivity index (χ1) is 12.7. The lowest BCUT2D eigenvalue weighted by Gasteiger charge is -2.21. The summed E-state index contributed by atoms with van der Waals surface area (Å²) < 4.78 is 38.4. The summed E-state index contributed by atoms with van der Waals surface area (Å²) in [6.45, 7) is 1.87. The zero-order valence-electron chi connectivity index (χ0n) is 14.5. The van der Waals surface area contributed by atoms with Crippen molar-refractivity contribution in [1.82, 2.24) is 4.90 Å². The molecule has 0 saturated carbocycles. The maximum atomic E-state index is 12.8. The van der Waals surface area contributed by atoms with Crippen LogP contribution in [0.4, 0.5) is 18.9 Å². The number of halogens is 4. The zero-order valence-corrected chi connectivity index (χ0v) is 15.3. The molecule has 0 unspecified atom stereocenters. The summed E-state index contributed by atoms with van der Waals surface area (Å²) in [4.78, 5) is 25.4. The lowest BCUT2D eigenvalue weighted by Crippen LogP contribution is -2.31. The van der Waals surface area contributed by atoms with E-state index >= 15 is 0 Å². The van der Waals surface area contributed by atoms with Crippen LogP contribution in [0.25, 0.3) is 0 Å². The van der Waals surface area contributed by atoms with Crippen molar-refractivity contribution in [3.63, 3.8) is 0 Å². The molecule has 2 aromatic rings. The summed E-state index contributed by atoms with van der Waals surface area (Å²) in [7, 11) is 0. The van der Waals surface area contributed by atoms with Gasteiger partial charge in [-0.2, -0.15) is 13.2 Å². The molecule has 4 nitrogen and oxygen atoms in total. The quantitative estimate of drug-likeness (QED) is 0.764. The number of hydrogen-bond acceptors (Lipinski definition) is 2. The van der Waals surface area contributed by atoms with Gasteiger partial charge < -0.3 is 10.2 Å². The Kier molecular flexibility index (Phi) is 6.85. The average molecular weight is 399 g/mol. The molecule has 0 heterocycles. The maximum Gasteiger partial charge on any atom is 0.416 e. The molecule has 0 atom stereocenters. The second-order valence-corrected chi connectivity index (χ2v) is 6.32. The van der Waals surface area contributed by atoms with E-state index in [1.54, 1.807) is 0 Å². The molecule has 27 heavy (non-hydrogen) atoms. The van der Waals surface area contributed by atoms with Crippen molar-refractivity contribution in [3.05, 3.63) is 64.7 Å². The molecule has 2 aromatic carbocycles. The van der Waals surface area contributed by atoms with Gasteiger partial charge in [-0.1, -0.05) is 41.9 Å². The van der Waals surface area contributed by atoms with E-state index in [0.29, 0.717) is 6.54 Å². The highest BCUT2D eigenvalue weighted by Gasteiger charge is 2.31. The Balaban J connectivity index is 1.99. The van der Waals surface area contributed by atoms with E-state index in [0.717, 1.165) is 23.8 Å². The topological polar surface area (TPSA) is 49.4 Å². The molecule has 144 valence electrons. The van der Waals surface area contributed by atoms with Gasteiger partial charge in [0.25, 0.3) is 0 Å². The van der Waals surface area contributed by atoms with Crippen molar-refractivity contribution in [2.24, 2.45) is 0 Å². The predicted molar refractivity (Wildman–Crippen MR) is 97.2 cm³/mol. The Bertz CT molecular complexity index is 810. The number of carbonyl (C=O) groups excluding carboxylic acids is 2. The maximum absolute atomic E-state index is 12.8. The van der Waals surface area contributed by atoms with Gasteiger partial charge in [-0.15, -0.1) is 0 Å². The van der Waals surface area contributed by atoms with Gasteiger partial charge in [0.05, 0.1) is 16.3 Å². The zero-order chi connectivity index (χ0) is 20.0. The number of alkyl halides is 3. The third-order valence-corrected chi connectivity index (χ3v) is 4.17. The molecule has 0 fully saturated rings. The van der Waals surface area contributed by atoms with Gasteiger partial charge in [0.1, 0.15) is 0 Å². The molecule has 0 spiro atoms.